The van der Waals surface area contributed by atoms with E-state index in [-0.39, 0.29) is 5.91 Å². The maximum Gasteiger partial charge on any atom is 0.223 e. The van der Waals surface area contributed by atoms with Crippen LogP contribution in [0.5, 0.6) is 0 Å². The van der Waals surface area contributed by atoms with Gasteiger partial charge in [0.05, 0.1) is 21.7 Å². The minimum absolute atomic E-state index is 0.217. The lowest BCUT2D eigenvalue weighted by Gasteiger charge is -2.31. The number of aromatic amines is 1. The van der Waals surface area contributed by atoms with Crippen LogP contribution < -0.4 is 0 Å². The summed E-state index contributed by atoms with van der Waals surface area (Å²) in [6.07, 6.45) is 3.09. The first-order valence-corrected chi connectivity index (χ1v) is 12.6. The Hall–Kier alpha value is -2.51. The fourth-order valence-electron chi connectivity index (χ4n) is 4.35. The van der Waals surface area contributed by atoms with Gasteiger partial charge in [-0.25, -0.2) is 9.97 Å². The Bertz CT molecular complexity index is 1210. The van der Waals surface area contributed by atoms with Gasteiger partial charge in [0.2, 0.25) is 5.91 Å². The Morgan fingerprint density at radius 1 is 1.12 bits per heavy atom. The van der Waals surface area contributed by atoms with Crippen LogP contribution in [0.15, 0.2) is 53.0 Å². The predicted octanol–water partition coefficient (Wildman–Crippen LogP) is 6.10. The predicted molar refractivity (Wildman–Crippen MR) is 133 cm³/mol. The lowest BCUT2D eigenvalue weighted by atomic mass is 9.97. The number of rotatable bonds is 5. The number of carbonyl (C=O) groups excluding carboxylic acids is 1. The zero-order valence-electron chi connectivity index (χ0n) is 18.0. The number of hydrogen-bond donors (Lipinski definition) is 1. The molecule has 5 nitrogen and oxygen atoms in total. The average molecular weight is 509 g/mol. The van der Waals surface area contributed by atoms with Crippen molar-refractivity contribution in [2.24, 2.45) is 0 Å². The number of aryl methyl sites for hydroxylation is 2. The molecule has 0 radical (unpaired) electrons. The molecule has 0 spiro atoms. The third-order valence-corrected chi connectivity index (χ3v) is 7.80. The zero-order chi connectivity index (χ0) is 22.1. The van der Waals surface area contributed by atoms with E-state index < -0.39 is 0 Å². The number of benzene rings is 2. The Morgan fingerprint density at radius 2 is 1.88 bits per heavy atom. The molecule has 0 aliphatic carbocycles. The van der Waals surface area contributed by atoms with Crippen LogP contribution in [0.1, 0.15) is 40.9 Å². The number of piperidine rings is 1. The lowest BCUT2D eigenvalue weighted by Crippen LogP contribution is -2.38. The molecule has 164 valence electrons. The summed E-state index contributed by atoms with van der Waals surface area (Å²) in [5.41, 5.74) is 4.22. The molecule has 0 bridgehead atoms. The van der Waals surface area contributed by atoms with Crippen LogP contribution in [0.4, 0.5) is 0 Å². The zero-order valence-corrected chi connectivity index (χ0v) is 20.4. The van der Waals surface area contributed by atoms with Crippen molar-refractivity contribution < 1.29 is 4.79 Å². The van der Waals surface area contributed by atoms with Gasteiger partial charge in [0.25, 0.3) is 0 Å². The van der Waals surface area contributed by atoms with E-state index in [1.165, 1.54) is 9.88 Å². The van der Waals surface area contributed by atoms with Crippen molar-refractivity contribution in [2.45, 2.75) is 38.5 Å². The van der Waals surface area contributed by atoms with E-state index in [4.69, 9.17) is 4.98 Å². The van der Waals surface area contributed by atoms with Crippen LogP contribution in [-0.4, -0.2) is 38.8 Å². The third kappa shape index (κ3) is 4.50. The summed E-state index contributed by atoms with van der Waals surface area (Å²) < 4.78 is 1.08. The summed E-state index contributed by atoms with van der Waals surface area (Å²) in [5, 5.41) is 1.20. The molecule has 1 aliphatic rings. The molecule has 5 rings (SSSR count). The molecule has 2 aromatic heterocycles. The molecule has 1 saturated heterocycles. The van der Waals surface area contributed by atoms with E-state index >= 15 is 0 Å². The number of carbonyl (C=O) groups is 1. The second kappa shape index (κ2) is 9.16. The fraction of sp³-hybridized carbons (Fsp3) is 0.320. The highest BCUT2D eigenvalue weighted by Gasteiger charge is 2.26. The van der Waals surface area contributed by atoms with Crippen LogP contribution in [0.25, 0.3) is 22.3 Å². The summed E-state index contributed by atoms with van der Waals surface area (Å²) >= 11 is 5.30. The monoisotopic (exact) mass is 508 g/mol. The summed E-state index contributed by atoms with van der Waals surface area (Å²) in [7, 11) is 0. The van der Waals surface area contributed by atoms with Gasteiger partial charge < -0.3 is 9.88 Å². The molecule has 0 atom stereocenters. The second-order valence-corrected chi connectivity index (χ2v) is 10.5. The maximum absolute atomic E-state index is 12.8. The van der Waals surface area contributed by atoms with Gasteiger partial charge >= 0.3 is 0 Å². The van der Waals surface area contributed by atoms with Crippen molar-refractivity contribution in [3.05, 3.63) is 68.7 Å². The molecular formula is C25H25BrN4OS. The smallest absolute Gasteiger partial charge is 0.223 e. The number of thiazole rings is 1. The molecule has 2 aromatic carbocycles. The van der Waals surface area contributed by atoms with Gasteiger partial charge in [0, 0.05) is 46.8 Å². The van der Waals surface area contributed by atoms with E-state index in [0.29, 0.717) is 18.8 Å². The number of para-hydroxylation sites is 2. The quantitative estimate of drug-likeness (QED) is 0.354. The van der Waals surface area contributed by atoms with Crippen molar-refractivity contribution in [2.75, 3.05) is 13.1 Å². The molecule has 3 heterocycles. The molecule has 0 saturated carbocycles. The van der Waals surface area contributed by atoms with Crippen LogP contribution in [0, 0.1) is 6.92 Å². The molecule has 1 N–H and O–H groups in total. The van der Waals surface area contributed by atoms with Crippen molar-refractivity contribution in [3.8, 4) is 11.3 Å². The molecular weight excluding hydrogens is 484 g/mol. The van der Waals surface area contributed by atoms with E-state index in [0.717, 1.165) is 58.5 Å². The van der Waals surface area contributed by atoms with Gasteiger partial charge in [-0.15, -0.1) is 11.3 Å². The first-order valence-electron chi connectivity index (χ1n) is 11.0. The number of fused-ring (bicyclic) bond motifs is 1. The van der Waals surface area contributed by atoms with Crippen molar-refractivity contribution in [3.63, 3.8) is 0 Å². The summed E-state index contributed by atoms with van der Waals surface area (Å²) in [4.78, 5) is 28.9. The normalized spacial score (nSPS) is 14.9. The number of halogens is 1. The summed E-state index contributed by atoms with van der Waals surface area (Å²) in [6, 6.07) is 16.3. The number of aromatic nitrogens is 3. The molecule has 7 heteroatoms. The van der Waals surface area contributed by atoms with E-state index in [1.807, 2.05) is 29.2 Å². The van der Waals surface area contributed by atoms with E-state index in [2.05, 4.69) is 57.1 Å². The molecule has 1 amide bonds. The Kier molecular flexibility index (Phi) is 6.11. The molecule has 1 aliphatic heterocycles. The van der Waals surface area contributed by atoms with Crippen LogP contribution in [0.2, 0.25) is 0 Å². The van der Waals surface area contributed by atoms with Crippen molar-refractivity contribution in [1.29, 1.82) is 0 Å². The highest BCUT2D eigenvalue weighted by Crippen LogP contribution is 2.36. The molecule has 1 fully saturated rings. The van der Waals surface area contributed by atoms with Crippen LogP contribution in [-0.2, 0) is 11.2 Å². The maximum atomic E-state index is 12.8. The highest BCUT2D eigenvalue weighted by atomic mass is 79.9. The van der Waals surface area contributed by atoms with Crippen molar-refractivity contribution in [1.82, 2.24) is 19.9 Å². The minimum atomic E-state index is 0.217. The number of likely N-dealkylation sites (tertiary alicyclic amines) is 1. The van der Waals surface area contributed by atoms with Gasteiger partial charge in [-0.1, -0.05) is 40.2 Å². The van der Waals surface area contributed by atoms with Crippen LogP contribution >= 0.6 is 27.3 Å². The first-order chi connectivity index (χ1) is 15.6. The van der Waals surface area contributed by atoms with Crippen LogP contribution in [0.3, 0.4) is 0 Å². The van der Waals surface area contributed by atoms with Gasteiger partial charge in [0.15, 0.2) is 0 Å². The summed E-state index contributed by atoms with van der Waals surface area (Å²) in [5.74, 6) is 1.53. The lowest BCUT2D eigenvalue weighted by molar-refractivity contribution is -0.132. The number of nitrogens with one attached hydrogen (secondary N) is 1. The molecule has 32 heavy (non-hydrogen) atoms. The number of hydrogen-bond acceptors (Lipinski definition) is 4. The Morgan fingerprint density at radius 3 is 2.62 bits per heavy atom. The van der Waals surface area contributed by atoms with Gasteiger partial charge in [0.1, 0.15) is 5.82 Å². The Balaban J connectivity index is 1.17. The van der Waals surface area contributed by atoms with E-state index in [9.17, 15) is 4.79 Å². The minimum Gasteiger partial charge on any atom is -0.343 e. The average Bonchev–Trinajstić information content (AvgIpc) is 3.41. The van der Waals surface area contributed by atoms with Gasteiger partial charge in [-0.2, -0.15) is 0 Å². The number of amides is 1. The SMILES string of the molecule is Cc1sc(C2CCN(C(=O)CCc3nc4ccccc4[nH]3)CC2)nc1-c1ccc(Br)cc1. The first kappa shape index (κ1) is 21.3. The topological polar surface area (TPSA) is 61.9 Å². The third-order valence-electron chi connectivity index (χ3n) is 6.14. The number of nitrogens with zero attached hydrogens (tertiary/aromatic N) is 3. The largest absolute Gasteiger partial charge is 0.343 e. The molecule has 4 aromatic rings. The fourth-order valence-corrected chi connectivity index (χ4v) is 5.73. The summed E-state index contributed by atoms with van der Waals surface area (Å²) in [6.45, 7) is 3.75. The second-order valence-electron chi connectivity index (χ2n) is 8.32. The van der Waals surface area contributed by atoms with Gasteiger partial charge in [-0.05, 0) is 44.0 Å². The number of imidazole rings is 1. The van der Waals surface area contributed by atoms with Gasteiger partial charge in [-0.3, -0.25) is 4.79 Å². The standard InChI is InChI=1S/C25H25BrN4OS/c1-16-24(17-6-8-19(26)9-7-17)29-25(32-16)18-12-14-30(15-13-18)23(31)11-10-22-27-20-4-2-3-5-21(20)28-22/h2-9,18H,10-15H2,1H3,(H,27,28). The highest BCUT2D eigenvalue weighted by molar-refractivity contribution is 9.10. The molecule has 0 unspecified atom stereocenters. The number of H-pyrrole nitrogens is 1. The Labute approximate surface area is 200 Å². The van der Waals surface area contributed by atoms with Crippen molar-refractivity contribution >= 4 is 44.2 Å². The van der Waals surface area contributed by atoms with E-state index in [1.54, 1.807) is 11.3 Å².